The average Bonchev–Trinajstić information content (AvgIpc) is 2.87. The van der Waals surface area contributed by atoms with Crippen LogP contribution in [0.15, 0.2) is 71.6 Å². The van der Waals surface area contributed by atoms with Crippen molar-refractivity contribution in [2.45, 2.75) is 24.8 Å². The standard InChI is InChI=1S/C26H21NO7S/c1-3-35(32,33)21-14-7-6-11-18(21)26(31)34-15(2)25(30)27-20-13-8-12-19-22(20)24(29)17-10-5-4-9-16(17)23(19)28/h4-15H,3H2,1-2H3,(H,27,30). The summed E-state index contributed by atoms with van der Waals surface area (Å²) >= 11 is 0. The maximum Gasteiger partial charge on any atom is 0.340 e. The zero-order valence-corrected chi connectivity index (χ0v) is 19.7. The number of rotatable bonds is 6. The highest BCUT2D eigenvalue weighted by Gasteiger charge is 2.32. The van der Waals surface area contributed by atoms with Crippen LogP contribution in [0.2, 0.25) is 0 Å². The Kier molecular flexibility index (Phi) is 6.36. The Hall–Kier alpha value is -4.11. The summed E-state index contributed by atoms with van der Waals surface area (Å²) in [6, 6.07) is 16.6. The molecule has 0 heterocycles. The number of nitrogens with one attached hydrogen (secondary N) is 1. The van der Waals surface area contributed by atoms with Crippen molar-refractivity contribution in [3.05, 3.63) is 94.5 Å². The molecule has 0 bridgehead atoms. The summed E-state index contributed by atoms with van der Waals surface area (Å²) in [4.78, 5) is 51.3. The van der Waals surface area contributed by atoms with Gasteiger partial charge in [0, 0.05) is 16.7 Å². The van der Waals surface area contributed by atoms with Crippen LogP contribution in [-0.2, 0) is 19.4 Å². The Morgan fingerprint density at radius 1 is 0.857 bits per heavy atom. The Balaban J connectivity index is 1.57. The van der Waals surface area contributed by atoms with E-state index in [0.29, 0.717) is 0 Å². The van der Waals surface area contributed by atoms with Crippen LogP contribution in [0.4, 0.5) is 5.69 Å². The van der Waals surface area contributed by atoms with Crippen molar-refractivity contribution in [3.63, 3.8) is 0 Å². The fourth-order valence-electron chi connectivity index (χ4n) is 3.82. The molecule has 178 valence electrons. The summed E-state index contributed by atoms with van der Waals surface area (Å²) in [7, 11) is -3.70. The van der Waals surface area contributed by atoms with E-state index >= 15 is 0 Å². The predicted octanol–water partition coefficient (Wildman–Crippen LogP) is 3.44. The molecule has 0 radical (unpaired) electrons. The molecule has 0 aliphatic heterocycles. The van der Waals surface area contributed by atoms with Crippen LogP contribution in [0.3, 0.4) is 0 Å². The molecule has 0 aromatic heterocycles. The molecule has 0 spiro atoms. The van der Waals surface area contributed by atoms with E-state index in [1.165, 1.54) is 56.3 Å². The zero-order chi connectivity index (χ0) is 25.3. The summed E-state index contributed by atoms with van der Waals surface area (Å²) in [6.07, 6.45) is -1.32. The maximum atomic E-state index is 13.1. The lowest BCUT2D eigenvalue weighted by molar-refractivity contribution is -0.123. The van der Waals surface area contributed by atoms with Gasteiger partial charge < -0.3 is 10.1 Å². The number of hydrogen-bond donors (Lipinski definition) is 1. The normalized spacial score (nSPS) is 13.4. The number of carbonyl (C=O) groups excluding carboxylic acids is 4. The van der Waals surface area contributed by atoms with E-state index in [2.05, 4.69) is 5.32 Å². The van der Waals surface area contributed by atoms with Crippen LogP contribution in [-0.4, -0.2) is 43.7 Å². The fraction of sp³-hybridized carbons (Fsp3) is 0.154. The molecule has 4 rings (SSSR count). The van der Waals surface area contributed by atoms with Gasteiger partial charge in [-0.3, -0.25) is 14.4 Å². The van der Waals surface area contributed by atoms with E-state index in [1.807, 2.05) is 0 Å². The van der Waals surface area contributed by atoms with Gasteiger partial charge in [0.1, 0.15) is 0 Å². The van der Waals surface area contributed by atoms with Crippen LogP contribution < -0.4 is 5.32 Å². The maximum absolute atomic E-state index is 13.1. The molecule has 1 N–H and O–H groups in total. The summed E-state index contributed by atoms with van der Waals surface area (Å²) in [5, 5.41) is 2.56. The summed E-state index contributed by atoms with van der Waals surface area (Å²) in [6.45, 7) is 2.78. The largest absolute Gasteiger partial charge is 0.449 e. The lowest BCUT2D eigenvalue weighted by atomic mass is 9.83. The number of anilines is 1. The van der Waals surface area contributed by atoms with Gasteiger partial charge in [-0.25, -0.2) is 13.2 Å². The van der Waals surface area contributed by atoms with Crippen molar-refractivity contribution in [1.29, 1.82) is 0 Å². The van der Waals surface area contributed by atoms with E-state index in [1.54, 1.807) is 24.3 Å². The number of benzene rings is 3. The minimum atomic E-state index is -3.70. The second kappa shape index (κ2) is 9.27. The van der Waals surface area contributed by atoms with E-state index < -0.39 is 33.6 Å². The van der Waals surface area contributed by atoms with Crippen LogP contribution in [0, 0.1) is 0 Å². The van der Waals surface area contributed by atoms with Crippen LogP contribution in [0.25, 0.3) is 0 Å². The number of ketones is 2. The number of ether oxygens (including phenoxy) is 1. The zero-order valence-electron chi connectivity index (χ0n) is 18.9. The Morgan fingerprint density at radius 2 is 1.46 bits per heavy atom. The van der Waals surface area contributed by atoms with Gasteiger partial charge in [0.25, 0.3) is 5.91 Å². The second-order valence-electron chi connectivity index (χ2n) is 7.87. The lowest BCUT2D eigenvalue weighted by Gasteiger charge is -2.21. The molecule has 0 fully saturated rings. The Bertz CT molecular complexity index is 1490. The van der Waals surface area contributed by atoms with Crippen molar-refractivity contribution in [2.24, 2.45) is 0 Å². The smallest absolute Gasteiger partial charge is 0.340 e. The van der Waals surface area contributed by atoms with Gasteiger partial charge in [-0.2, -0.15) is 0 Å². The first-order valence-electron chi connectivity index (χ1n) is 10.8. The van der Waals surface area contributed by atoms with Gasteiger partial charge in [0.15, 0.2) is 27.5 Å². The second-order valence-corrected chi connectivity index (χ2v) is 10.1. The summed E-state index contributed by atoms with van der Waals surface area (Å²) in [5.41, 5.74) is 0.675. The molecule has 8 nitrogen and oxygen atoms in total. The van der Waals surface area contributed by atoms with Gasteiger partial charge >= 0.3 is 5.97 Å². The first-order chi connectivity index (χ1) is 16.7. The molecule has 1 atom stereocenters. The molecule has 35 heavy (non-hydrogen) atoms. The molecule has 0 saturated carbocycles. The Morgan fingerprint density at radius 3 is 2.14 bits per heavy atom. The monoisotopic (exact) mass is 491 g/mol. The molecular formula is C26H21NO7S. The average molecular weight is 492 g/mol. The lowest BCUT2D eigenvalue weighted by Crippen LogP contribution is -2.32. The highest BCUT2D eigenvalue weighted by molar-refractivity contribution is 7.91. The van der Waals surface area contributed by atoms with Crippen molar-refractivity contribution < 1.29 is 32.3 Å². The molecule has 0 saturated heterocycles. The van der Waals surface area contributed by atoms with E-state index in [0.717, 1.165) is 0 Å². The van der Waals surface area contributed by atoms with E-state index in [9.17, 15) is 27.6 Å². The highest BCUT2D eigenvalue weighted by atomic mass is 32.2. The highest BCUT2D eigenvalue weighted by Crippen LogP contribution is 2.32. The number of hydrogen-bond acceptors (Lipinski definition) is 7. The quantitative estimate of drug-likeness (QED) is 0.410. The third-order valence-corrected chi connectivity index (χ3v) is 7.47. The number of amides is 1. The number of carbonyl (C=O) groups is 4. The third-order valence-electron chi connectivity index (χ3n) is 5.69. The minimum absolute atomic E-state index is 0.0578. The molecule has 1 amide bonds. The van der Waals surface area contributed by atoms with Gasteiger partial charge in [-0.05, 0) is 25.1 Å². The fourth-order valence-corrected chi connectivity index (χ4v) is 4.91. The molecule has 3 aromatic carbocycles. The Labute approximate surface area is 201 Å². The van der Waals surface area contributed by atoms with Crippen molar-refractivity contribution in [3.8, 4) is 0 Å². The number of esters is 1. The van der Waals surface area contributed by atoms with Crippen LogP contribution in [0.1, 0.15) is 56.0 Å². The number of fused-ring (bicyclic) bond motifs is 2. The van der Waals surface area contributed by atoms with Crippen molar-refractivity contribution in [1.82, 2.24) is 0 Å². The van der Waals surface area contributed by atoms with Gasteiger partial charge in [-0.1, -0.05) is 55.5 Å². The minimum Gasteiger partial charge on any atom is -0.449 e. The molecule has 1 aliphatic rings. The predicted molar refractivity (Wildman–Crippen MR) is 127 cm³/mol. The van der Waals surface area contributed by atoms with Gasteiger partial charge in [-0.15, -0.1) is 0 Å². The molecule has 3 aromatic rings. The van der Waals surface area contributed by atoms with E-state index in [-0.39, 0.29) is 49.9 Å². The first-order valence-corrected chi connectivity index (χ1v) is 12.5. The number of sulfone groups is 1. The summed E-state index contributed by atoms with van der Waals surface area (Å²) in [5.74, 6) is -2.67. The van der Waals surface area contributed by atoms with Gasteiger partial charge in [0.05, 0.1) is 27.5 Å². The first kappa shape index (κ1) is 24.0. The molecule has 9 heteroatoms. The van der Waals surface area contributed by atoms with Gasteiger partial charge in [0.2, 0.25) is 0 Å². The van der Waals surface area contributed by atoms with Crippen molar-refractivity contribution >= 4 is 39.0 Å². The van der Waals surface area contributed by atoms with Crippen LogP contribution >= 0.6 is 0 Å². The SMILES string of the molecule is CCS(=O)(=O)c1ccccc1C(=O)OC(C)C(=O)Nc1cccc2c1C(=O)c1ccccc1C2=O. The molecule has 1 aliphatic carbocycles. The topological polar surface area (TPSA) is 124 Å². The molecule has 1 unspecified atom stereocenters. The third kappa shape index (κ3) is 4.38. The van der Waals surface area contributed by atoms with Crippen molar-refractivity contribution in [2.75, 3.05) is 11.1 Å². The summed E-state index contributed by atoms with van der Waals surface area (Å²) < 4.78 is 29.9. The van der Waals surface area contributed by atoms with Crippen LogP contribution in [0.5, 0.6) is 0 Å². The van der Waals surface area contributed by atoms with E-state index in [4.69, 9.17) is 4.74 Å². The molecular weight excluding hydrogens is 470 g/mol.